The first-order valence-electron chi connectivity index (χ1n) is 9.98. The zero-order valence-corrected chi connectivity index (χ0v) is 17.5. The molecule has 0 saturated heterocycles. The van der Waals surface area contributed by atoms with Crippen LogP contribution in [0.25, 0.3) is 0 Å². The van der Waals surface area contributed by atoms with Gasteiger partial charge in [0, 0.05) is 0 Å². The second kappa shape index (κ2) is 7.71. The van der Waals surface area contributed by atoms with Gasteiger partial charge in [0.1, 0.15) is 5.75 Å². The molecule has 0 radical (unpaired) electrons. The van der Waals surface area contributed by atoms with E-state index in [9.17, 15) is 13.2 Å². The summed E-state index contributed by atoms with van der Waals surface area (Å²) >= 11 is 0. The minimum atomic E-state index is -3.52. The highest BCUT2D eigenvalue weighted by molar-refractivity contribution is 7.92. The SMILES string of the molecule is C[C@H](NC(=O)[C@H]1CN(S(C)(=O)=O)c2ccccc2O1)c1ccc2c(c1)CCCC2. The van der Waals surface area contributed by atoms with E-state index >= 15 is 0 Å². The van der Waals surface area contributed by atoms with Gasteiger partial charge in [0.2, 0.25) is 10.0 Å². The van der Waals surface area contributed by atoms with Gasteiger partial charge in [-0.05, 0) is 61.4 Å². The number of aryl methyl sites for hydroxylation is 2. The fraction of sp³-hybridized carbons (Fsp3) is 0.409. The van der Waals surface area contributed by atoms with Crippen LogP contribution in [-0.2, 0) is 27.7 Å². The van der Waals surface area contributed by atoms with Gasteiger partial charge in [-0.2, -0.15) is 0 Å². The predicted octanol–water partition coefficient (Wildman–Crippen LogP) is 2.97. The molecule has 0 aromatic heterocycles. The molecule has 2 aliphatic rings. The lowest BCUT2D eigenvalue weighted by molar-refractivity contribution is -0.128. The number of amides is 1. The van der Waals surface area contributed by atoms with Crippen molar-refractivity contribution in [1.29, 1.82) is 0 Å². The number of nitrogens with one attached hydrogen (secondary N) is 1. The average molecular weight is 415 g/mol. The highest BCUT2D eigenvalue weighted by Crippen LogP contribution is 2.34. The Labute approximate surface area is 171 Å². The van der Waals surface area contributed by atoms with E-state index in [1.807, 2.05) is 6.92 Å². The van der Waals surface area contributed by atoms with E-state index in [2.05, 4.69) is 23.5 Å². The molecule has 29 heavy (non-hydrogen) atoms. The lowest BCUT2D eigenvalue weighted by Crippen LogP contribution is -2.50. The Bertz CT molecular complexity index is 1030. The lowest BCUT2D eigenvalue weighted by atomic mass is 9.89. The molecule has 0 bridgehead atoms. The molecular formula is C22H26N2O4S. The minimum Gasteiger partial charge on any atom is -0.476 e. The average Bonchev–Trinajstić information content (AvgIpc) is 2.71. The Kier molecular flexibility index (Phi) is 5.25. The van der Waals surface area contributed by atoms with E-state index in [1.165, 1.54) is 28.3 Å². The maximum Gasteiger partial charge on any atom is 0.263 e. The molecule has 0 unspecified atom stereocenters. The Morgan fingerprint density at radius 3 is 2.62 bits per heavy atom. The standard InChI is InChI=1S/C22H26N2O4S/c1-15(17-12-11-16-7-3-4-8-18(16)13-17)23-22(25)21-14-24(29(2,26)27)19-9-5-6-10-20(19)28-21/h5-6,9-13,15,21H,3-4,7-8,14H2,1-2H3,(H,23,25)/t15-,21+/m0/s1. The summed E-state index contributed by atoms with van der Waals surface area (Å²) in [7, 11) is -3.52. The van der Waals surface area contributed by atoms with Gasteiger partial charge in [-0.15, -0.1) is 0 Å². The molecule has 1 N–H and O–H groups in total. The third-order valence-corrected chi connectivity index (χ3v) is 6.81. The van der Waals surface area contributed by atoms with Crippen LogP contribution in [0.2, 0.25) is 0 Å². The van der Waals surface area contributed by atoms with Crippen LogP contribution in [0.3, 0.4) is 0 Å². The van der Waals surface area contributed by atoms with E-state index in [4.69, 9.17) is 4.74 Å². The fourth-order valence-corrected chi connectivity index (χ4v) is 4.98. The molecule has 7 heteroatoms. The summed E-state index contributed by atoms with van der Waals surface area (Å²) in [5.74, 6) is 0.0733. The summed E-state index contributed by atoms with van der Waals surface area (Å²) in [6.07, 6.45) is 4.87. The molecule has 2 aromatic rings. The van der Waals surface area contributed by atoms with Gasteiger partial charge in [-0.1, -0.05) is 30.3 Å². The summed E-state index contributed by atoms with van der Waals surface area (Å²) in [4.78, 5) is 12.9. The van der Waals surface area contributed by atoms with Crippen LogP contribution in [0.15, 0.2) is 42.5 Å². The Hall–Kier alpha value is -2.54. The molecule has 1 aliphatic heterocycles. The van der Waals surface area contributed by atoms with Crippen LogP contribution in [0.1, 0.15) is 42.5 Å². The van der Waals surface area contributed by atoms with Crippen molar-refractivity contribution in [2.45, 2.75) is 44.8 Å². The maximum atomic E-state index is 12.9. The topological polar surface area (TPSA) is 75.7 Å². The molecule has 0 saturated carbocycles. The molecule has 6 nitrogen and oxygen atoms in total. The second-order valence-corrected chi connectivity index (χ2v) is 9.74. The van der Waals surface area contributed by atoms with Crippen molar-refractivity contribution in [1.82, 2.24) is 5.32 Å². The number of anilines is 1. The van der Waals surface area contributed by atoms with E-state index in [0.29, 0.717) is 11.4 Å². The van der Waals surface area contributed by atoms with Gasteiger partial charge in [0.25, 0.3) is 5.91 Å². The predicted molar refractivity (Wildman–Crippen MR) is 113 cm³/mol. The lowest BCUT2D eigenvalue weighted by Gasteiger charge is -2.34. The van der Waals surface area contributed by atoms with Gasteiger partial charge in [0.05, 0.1) is 24.5 Å². The monoisotopic (exact) mass is 414 g/mol. The normalized spacial score (nSPS) is 19.5. The number of para-hydroxylation sites is 2. The number of ether oxygens (including phenoxy) is 1. The number of carbonyl (C=O) groups excluding carboxylic acids is 1. The third-order valence-electron chi connectivity index (χ3n) is 5.66. The van der Waals surface area contributed by atoms with E-state index < -0.39 is 16.1 Å². The zero-order chi connectivity index (χ0) is 20.6. The number of hydrogen-bond donors (Lipinski definition) is 1. The smallest absolute Gasteiger partial charge is 0.263 e. The van der Waals surface area contributed by atoms with Crippen molar-refractivity contribution < 1.29 is 17.9 Å². The quantitative estimate of drug-likeness (QED) is 0.835. The molecule has 1 amide bonds. The van der Waals surface area contributed by atoms with Crippen LogP contribution >= 0.6 is 0 Å². The number of hydrogen-bond acceptors (Lipinski definition) is 4. The third kappa shape index (κ3) is 4.10. The molecule has 154 valence electrons. The molecule has 4 rings (SSSR count). The number of carbonyl (C=O) groups is 1. The van der Waals surface area contributed by atoms with Crippen molar-refractivity contribution in [2.24, 2.45) is 0 Å². The number of sulfonamides is 1. The van der Waals surface area contributed by atoms with Crippen LogP contribution in [-0.4, -0.2) is 33.2 Å². The summed E-state index contributed by atoms with van der Waals surface area (Å²) in [5.41, 5.74) is 4.27. The van der Waals surface area contributed by atoms with Crippen LogP contribution < -0.4 is 14.4 Å². The van der Waals surface area contributed by atoms with Crippen molar-refractivity contribution >= 4 is 21.6 Å². The highest BCUT2D eigenvalue weighted by Gasteiger charge is 2.35. The van der Waals surface area contributed by atoms with Crippen molar-refractivity contribution in [3.05, 3.63) is 59.2 Å². The van der Waals surface area contributed by atoms with Crippen molar-refractivity contribution in [2.75, 3.05) is 17.1 Å². The summed E-state index contributed by atoms with van der Waals surface area (Å²) in [6.45, 7) is 1.89. The maximum absolute atomic E-state index is 12.9. The van der Waals surface area contributed by atoms with Gasteiger partial charge < -0.3 is 10.1 Å². The molecule has 2 aromatic carbocycles. The Morgan fingerprint density at radius 1 is 1.14 bits per heavy atom. The first-order chi connectivity index (χ1) is 13.8. The molecule has 0 spiro atoms. The summed E-state index contributed by atoms with van der Waals surface area (Å²) in [5, 5.41) is 2.99. The minimum absolute atomic E-state index is 0.0431. The number of fused-ring (bicyclic) bond motifs is 2. The fourth-order valence-electron chi connectivity index (χ4n) is 4.07. The van der Waals surface area contributed by atoms with Crippen LogP contribution in [0.5, 0.6) is 5.75 Å². The molecular weight excluding hydrogens is 388 g/mol. The number of rotatable bonds is 4. The van der Waals surface area contributed by atoms with Gasteiger partial charge >= 0.3 is 0 Å². The van der Waals surface area contributed by atoms with E-state index in [0.717, 1.165) is 24.7 Å². The first-order valence-corrected chi connectivity index (χ1v) is 11.8. The second-order valence-electron chi connectivity index (χ2n) is 7.83. The van der Waals surface area contributed by atoms with Gasteiger partial charge in [-0.3, -0.25) is 9.10 Å². The Morgan fingerprint density at radius 2 is 1.86 bits per heavy atom. The highest BCUT2D eigenvalue weighted by atomic mass is 32.2. The van der Waals surface area contributed by atoms with Crippen molar-refractivity contribution in [3.8, 4) is 5.75 Å². The Balaban J connectivity index is 1.51. The largest absolute Gasteiger partial charge is 0.476 e. The van der Waals surface area contributed by atoms with E-state index in [-0.39, 0.29) is 18.5 Å². The van der Waals surface area contributed by atoms with E-state index in [1.54, 1.807) is 24.3 Å². The number of nitrogens with zero attached hydrogens (tertiary/aromatic N) is 1. The summed E-state index contributed by atoms with van der Waals surface area (Å²) < 4.78 is 31.5. The number of benzene rings is 2. The molecule has 2 atom stereocenters. The van der Waals surface area contributed by atoms with Crippen LogP contribution in [0, 0.1) is 0 Å². The molecule has 1 heterocycles. The van der Waals surface area contributed by atoms with Crippen LogP contribution in [0.4, 0.5) is 5.69 Å². The van der Waals surface area contributed by atoms with Gasteiger partial charge in [0.15, 0.2) is 6.10 Å². The molecule has 1 aliphatic carbocycles. The molecule has 0 fully saturated rings. The summed E-state index contributed by atoms with van der Waals surface area (Å²) in [6, 6.07) is 13.1. The van der Waals surface area contributed by atoms with Gasteiger partial charge in [-0.25, -0.2) is 8.42 Å². The van der Waals surface area contributed by atoms with Crippen molar-refractivity contribution in [3.63, 3.8) is 0 Å². The zero-order valence-electron chi connectivity index (χ0n) is 16.7. The first kappa shape index (κ1) is 19.8.